The van der Waals surface area contributed by atoms with E-state index in [0.29, 0.717) is 49.0 Å². The summed E-state index contributed by atoms with van der Waals surface area (Å²) in [6.45, 7) is 6.01. The lowest BCUT2D eigenvalue weighted by molar-refractivity contribution is 0.0957. The number of nitrogens with two attached hydrogens (primary N) is 1. The smallest absolute Gasteiger partial charge is 0.261 e. The minimum atomic E-state index is -0.0610. The Balaban J connectivity index is 1.83. The van der Waals surface area contributed by atoms with E-state index in [2.05, 4.69) is 15.6 Å². The first-order valence-electron chi connectivity index (χ1n) is 8.92. The molecule has 1 aromatic carbocycles. The van der Waals surface area contributed by atoms with Gasteiger partial charge in [0.25, 0.3) is 5.91 Å². The summed E-state index contributed by atoms with van der Waals surface area (Å²) in [7, 11) is 0. The van der Waals surface area contributed by atoms with Crippen molar-refractivity contribution >= 4 is 28.9 Å². The lowest BCUT2D eigenvalue weighted by Crippen LogP contribution is -2.25. The molecular formula is C19H26N4O3S. The highest BCUT2D eigenvalue weighted by atomic mass is 32.1. The highest BCUT2D eigenvalue weighted by Gasteiger charge is 2.07. The molecule has 2 rings (SSSR count). The van der Waals surface area contributed by atoms with Crippen LogP contribution in [0.2, 0.25) is 0 Å². The standard InChI is InChI=1S/C19H26N4O3S/c1-3-25-14-8-9-16(26-4-2)15(13-14)23-19(20)22-11-6-10-21-18(24)17-7-5-12-27-17/h5,7-9,12-13H,3-4,6,10-11H2,1-2H3,(H,21,24)(H3,20,22,23). The van der Waals surface area contributed by atoms with Gasteiger partial charge in [0.05, 0.1) is 23.8 Å². The summed E-state index contributed by atoms with van der Waals surface area (Å²) in [6.07, 6.45) is 0.691. The molecule has 0 radical (unpaired) electrons. The Morgan fingerprint density at radius 2 is 2.04 bits per heavy atom. The van der Waals surface area contributed by atoms with Crippen molar-refractivity contribution in [2.24, 2.45) is 10.7 Å². The van der Waals surface area contributed by atoms with E-state index in [0.717, 1.165) is 5.75 Å². The molecule has 146 valence electrons. The van der Waals surface area contributed by atoms with Crippen molar-refractivity contribution in [1.82, 2.24) is 5.32 Å². The van der Waals surface area contributed by atoms with Gasteiger partial charge >= 0.3 is 0 Å². The van der Waals surface area contributed by atoms with E-state index >= 15 is 0 Å². The molecular weight excluding hydrogens is 364 g/mol. The second-order valence-corrected chi connectivity index (χ2v) is 6.45. The highest BCUT2D eigenvalue weighted by molar-refractivity contribution is 7.12. The highest BCUT2D eigenvalue weighted by Crippen LogP contribution is 2.29. The zero-order valence-electron chi connectivity index (χ0n) is 15.7. The monoisotopic (exact) mass is 390 g/mol. The fourth-order valence-electron chi connectivity index (χ4n) is 2.30. The lowest BCUT2D eigenvalue weighted by Gasteiger charge is -2.14. The van der Waals surface area contributed by atoms with Crippen LogP contribution in [0.3, 0.4) is 0 Å². The van der Waals surface area contributed by atoms with Gasteiger partial charge in [-0.05, 0) is 43.8 Å². The molecule has 4 N–H and O–H groups in total. The molecule has 1 heterocycles. The lowest BCUT2D eigenvalue weighted by atomic mass is 10.2. The fraction of sp³-hybridized carbons (Fsp3) is 0.368. The molecule has 27 heavy (non-hydrogen) atoms. The summed E-state index contributed by atoms with van der Waals surface area (Å²) in [4.78, 5) is 16.8. The largest absolute Gasteiger partial charge is 0.494 e. The molecule has 0 aliphatic heterocycles. The minimum absolute atomic E-state index is 0.0610. The Labute approximate surface area is 163 Å². The van der Waals surface area contributed by atoms with Gasteiger partial charge in [0.2, 0.25) is 0 Å². The minimum Gasteiger partial charge on any atom is -0.494 e. The summed E-state index contributed by atoms with van der Waals surface area (Å²) < 4.78 is 11.1. The number of carbonyl (C=O) groups excluding carboxylic acids is 1. The molecule has 0 aliphatic rings. The van der Waals surface area contributed by atoms with Crippen LogP contribution >= 0.6 is 11.3 Å². The number of nitrogens with zero attached hydrogens (tertiary/aromatic N) is 1. The molecule has 7 nitrogen and oxygen atoms in total. The van der Waals surface area contributed by atoms with Crippen LogP contribution in [0.5, 0.6) is 11.5 Å². The number of aliphatic imine (C=N–C) groups is 1. The number of hydrogen-bond acceptors (Lipinski definition) is 5. The van der Waals surface area contributed by atoms with Crippen LogP contribution in [0.1, 0.15) is 29.9 Å². The van der Waals surface area contributed by atoms with Crippen LogP contribution in [-0.2, 0) is 0 Å². The van der Waals surface area contributed by atoms with E-state index in [9.17, 15) is 4.79 Å². The number of hydrogen-bond donors (Lipinski definition) is 3. The molecule has 1 amide bonds. The number of anilines is 1. The van der Waals surface area contributed by atoms with E-state index in [1.165, 1.54) is 11.3 Å². The van der Waals surface area contributed by atoms with Crippen molar-refractivity contribution in [1.29, 1.82) is 0 Å². The van der Waals surface area contributed by atoms with Crippen LogP contribution < -0.4 is 25.8 Å². The zero-order chi connectivity index (χ0) is 19.5. The summed E-state index contributed by atoms with van der Waals surface area (Å²) in [5, 5.41) is 7.79. The van der Waals surface area contributed by atoms with Gasteiger partial charge in [-0.1, -0.05) is 6.07 Å². The second-order valence-electron chi connectivity index (χ2n) is 5.50. The Hall–Kier alpha value is -2.74. The Morgan fingerprint density at radius 3 is 2.74 bits per heavy atom. The van der Waals surface area contributed by atoms with Gasteiger partial charge in [-0.3, -0.25) is 9.79 Å². The number of nitrogens with one attached hydrogen (secondary N) is 2. The van der Waals surface area contributed by atoms with Crippen LogP contribution in [0.15, 0.2) is 40.7 Å². The molecule has 0 spiro atoms. The van der Waals surface area contributed by atoms with Crippen molar-refractivity contribution in [3.63, 3.8) is 0 Å². The van der Waals surface area contributed by atoms with Crippen molar-refractivity contribution in [3.05, 3.63) is 40.6 Å². The van der Waals surface area contributed by atoms with Gasteiger partial charge in [0.15, 0.2) is 5.96 Å². The molecule has 0 aliphatic carbocycles. The van der Waals surface area contributed by atoms with Crippen molar-refractivity contribution < 1.29 is 14.3 Å². The van der Waals surface area contributed by atoms with E-state index in [1.54, 1.807) is 6.07 Å². The predicted octanol–water partition coefficient (Wildman–Crippen LogP) is 3.09. The number of guanidine groups is 1. The van der Waals surface area contributed by atoms with E-state index in [4.69, 9.17) is 15.2 Å². The first-order valence-corrected chi connectivity index (χ1v) is 9.80. The average Bonchev–Trinajstić information content (AvgIpc) is 3.18. The van der Waals surface area contributed by atoms with Crippen LogP contribution in [0, 0.1) is 0 Å². The van der Waals surface area contributed by atoms with Gasteiger partial charge in [-0.25, -0.2) is 0 Å². The van der Waals surface area contributed by atoms with E-state index in [1.807, 2.05) is 43.5 Å². The van der Waals surface area contributed by atoms with Gasteiger partial charge in [-0.2, -0.15) is 0 Å². The number of benzene rings is 1. The Bertz CT molecular complexity index is 747. The third-order valence-electron chi connectivity index (χ3n) is 3.47. The first-order chi connectivity index (χ1) is 13.1. The van der Waals surface area contributed by atoms with Gasteiger partial charge < -0.3 is 25.8 Å². The molecule has 0 unspecified atom stereocenters. The molecule has 1 aromatic heterocycles. The van der Waals surface area contributed by atoms with Crippen molar-refractivity contribution in [3.8, 4) is 11.5 Å². The molecule has 0 saturated heterocycles. The molecule has 0 fully saturated rings. The zero-order valence-corrected chi connectivity index (χ0v) is 16.5. The predicted molar refractivity (Wildman–Crippen MR) is 110 cm³/mol. The number of thiophene rings is 1. The maximum atomic E-state index is 11.8. The van der Waals surface area contributed by atoms with Crippen molar-refractivity contribution in [2.75, 3.05) is 31.6 Å². The number of carbonyl (C=O) groups is 1. The number of rotatable bonds is 10. The average molecular weight is 391 g/mol. The van der Waals surface area contributed by atoms with E-state index in [-0.39, 0.29) is 11.9 Å². The number of amides is 1. The fourth-order valence-corrected chi connectivity index (χ4v) is 2.94. The number of ether oxygens (including phenoxy) is 2. The van der Waals surface area contributed by atoms with Gasteiger partial charge in [-0.15, -0.1) is 11.3 Å². The van der Waals surface area contributed by atoms with Crippen LogP contribution in [0.4, 0.5) is 5.69 Å². The van der Waals surface area contributed by atoms with Crippen LogP contribution in [0.25, 0.3) is 0 Å². The summed E-state index contributed by atoms with van der Waals surface area (Å²) in [5.74, 6) is 1.64. The first kappa shape index (κ1) is 20.6. The summed E-state index contributed by atoms with van der Waals surface area (Å²) >= 11 is 1.42. The molecule has 0 atom stereocenters. The normalized spacial score (nSPS) is 11.1. The third kappa shape index (κ3) is 6.82. The molecule has 0 bridgehead atoms. The quantitative estimate of drug-likeness (QED) is 0.329. The maximum Gasteiger partial charge on any atom is 0.261 e. The molecule has 8 heteroatoms. The van der Waals surface area contributed by atoms with Gasteiger partial charge in [0, 0.05) is 19.2 Å². The summed E-state index contributed by atoms with van der Waals surface area (Å²) in [6, 6.07) is 9.17. The van der Waals surface area contributed by atoms with Crippen LogP contribution in [-0.4, -0.2) is 38.2 Å². The van der Waals surface area contributed by atoms with Gasteiger partial charge in [0.1, 0.15) is 11.5 Å². The van der Waals surface area contributed by atoms with E-state index < -0.39 is 0 Å². The molecule has 0 saturated carbocycles. The van der Waals surface area contributed by atoms with Crippen molar-refractivity contribution in [2.45, 2.75) is 20.3 Å². The SMILES string of the molecule is CCOc1ccc(OCC)c(NC(N)=NCCCNC(=O)c2cccs2)c1. The Morgan fingerprint density at radius 1 is 1.22 bits per heavy atom. The maximum absolute atomic E-state index is 11.8. The Kier molecular flexibility index (Phi) is 8.44. The molecule has 2 aromatic rings. The second kappa shape index (κ2) is 11.1. The summed E-state index contributed by atoms with van der Waals surface area (Å²) in [5.41, 5.74) is 6.67. The third-order valence-corrected chi connectivity index (χ3v) is 4.34. The topological polar surface area (TPSA) is 98.0 Å².